The third-order valence-electron chi connectivity index (χ3n) is 3.16. The molecule has 0 aliphatic rings. The Hall–Kier alpha value is -3.15. The molecule has 2 N–H and O–H groups in total. The van der Waals surface area contributed by atoms with E-state index in [1.807, 2.05) is 31.2 Å². The number of rotatable bonds is 4. The molecule has 0 spiro atoms. The van der Waals surface area contributed by atoms with Crippen LogP contribution < -0.4 is 0 Å². The largest absolute Gasteiger partial charge is 0.504 e. The van der Waals surface area contributed by atoms with E-state index in [-0.39, 0.29) is 17.3 Å². The van der Waals surface area contributed by atoms with E-state index in [0.29, 0.717) is 5.56 Å². The normalized spacial score (nSPS) is 11.6. The highest BCUT2D eigenvalue weighted by molar-refractivity contribution is 6.09. The number of hydrogen-bond acceptors (Lipinski definition) is 5. The fourth-order valence-corrected chi connectivity index (χ4v) is 2.05. The molecule has 2 heterocycles. The minimum atomic E-state index is -0.456. The molecule has 0 bridgehead atoms. The van der Waals surface area contributed by atoms with Crippen molar-refractivity contribution in [1.29, 1.82) is 0 Å². The molecule has 6 heteroatoms. The fourth-order valence-electron chi connectivity index (χ4n) is 2.05. The molecule has 0 saturated carbocycles. The van der Waals surface area contributed by atoms with Crippen LogP contribution in [-0.4, -0.2) is 26.1 Å². The summed E-state index contributed by atoms with van der Waals surface area (Å²) < 4.78 is 5.28. The second-order valence-electron chi connectivity index (χ2n) is 4.75. The molecule has 2 aromatic heterocycles. The highest BCUT2D eigenvalue weighted by atomic mass is 16.3. The predicted octanol–water partition coefficient (Wildman–Crippen LogP) is 3.15. The van der Waals surface area contributed by atoms with Crippen LogP contribution in [0, 0.1) is 6.92 Å². The van der Waals surface area contributed by atoms with Gasteiger partial charge in [-0.2, -0.15) is 5.10 Å². The first-order valence-corrected chi connectivity index (χ1v) is 6.61. The Morgan fingerprint density at radius 3 is 2.73 bits per heavy atom. The van der Waals surface area contributed by atoms with Gasteiger partial charge >= 0.3 is 0 Å². The lowest BCUT2D eigenvalue weighted by Gasteiger charge is -2.01. The van der Waals surface area contributed by atoms with Gasteiger partial charge in [0.25, 0.3) is 0 Å². The van der Waals surface area contributed by atoms with Gasteiger partial charge in [-0.05, 0) is 18.6 Å². The van der Waals surface area contributed by atoms with Crippen molar-refractivity contribution in [1.82, 2.24) is 15.2 Å². The maximum Gasteiger partial charge on any atom is 0.225 e. The van der Waals surface area contributed by atoms with Crippen LogP contribution in [0.25, 0.3) is 16.9 Å². The third kappa shape index (κ3) is 2.67. The molecule has 3 aromatic rings. The van der Waals surface area contributed by atoms with E-state index < -0.39 is 5.78 Å². The number of aliphatic hydroxyl groups excluding tert-OH is 1. The summed E-state index contributed by atoms with van der Waals surface area (Å²) in [5.41, 5.74) is 2.67. The lowest BCUT2D eigenvalue weighted by atomic mass is 10.0. The van der Waals surface area contributed by atoms with Crippen molar-refractivity contribution in [3.8, 4) is 11.1 Å². The summed E-state index contributed by atoms with van der Waals surface area (Å²) in [6, 6.07) is 9.45. The number of allylic oxidation sites excluding steroid dienone is 1. The number of aryl methyl sites for hydroxylation is 1. The molecule has 22 heavy (non-hydrogen) atoms. The van der Waals surface area contributed by atoms with Crippen LogP contribution in [0.3, 0.4) is 0 Å². The number of aromatic amines is 1. The van der Waals surface area contributed by atoms with Gasteiger partial charge < -0.3 is 9.52 Å². The third-order valence-corrected chi connectivity index (χ3v) is 3.16. The smallest absolute Gasteiger partial charge is 0.225 e. The number of hydrogen-bond donors (Lipinski definition) is 2. The average molecular weight is 295 g/mol. The van der Waals surface area contributed by atoms with Gasteiger partial charge in [-0.1, -0.05) is 29.8 Å². The summed E-state index contributed by atoms with van der Waals surface area (Å²) in [6.45, 7) is 1.99. The van der Waals surface area contributed by atoms with Crippen LogP contribution in [0.15, 0.2) is 53.4 Å². The second kappa shape index (κ2) is 5.69. The summed E-state index contributed by atoms with van der Waals surface area (Å²) >= 11 is 0. The van der Waals surface area contributed by atoms with Crippen molar-refractivity contribution >= 4 is 11.5 Å². The minimum Gasteiger partial charge on any atom is -0.504 e. The molecule has 0 saturated heterocycles. The van der Waals surface area contributed by atoms with E-state index in [9.17, 15) is 9.90 Å². The van der Waals surface area contributed by atoms with Crippen LogP contribution in [0.5, 0.6) is 0 Å². The quantitative estimate of drug-likeness (QED) is 0.438. The number of aliphatic hydroxyl groups is 1. The molecule has 0 atom stereocenters. The van der Waals surface area contributed by atoms with Crippen LogP contribution in [0.1, 0.15) is 21.9 Å². The Kier molecular flexibility index (Phi) is 3.57. The molecule has 0 amide bonds. The molecule has 6 nitrogen and oxygen atoms in total. The lowest BCUT2D eigenvalue weighted by Crippen LogP contribution is -1.98. The average Bonchev–Trinajstić information content (AvgIpc) is 3.19. The Morgan fingerprint density at radius 2 is 2.05 bits per heavy atom. The van der Waals surface area contributed by atoms with Gasteiger partial charge in [-0.25, -0.2) is 4.98 Å². The first-order chi connectivity index (χ1) is 10.6. The minimum absolute atomic E-state index is 0.0526. The number of aromatic nitrogens is 3. The molecule has 0 unspecified atom stereocenters. The fraction of sp³-hybridized carbons (Fsp3) is 0.0625. The van der Waals surface area contributed by atoms with Gasteiger partial charge in [-0.15, -0.1) is 0 Å². The Morgan fingerprint density at radius 1 is 1.27 bits per heavy atom. The molecule has 110 valence electrons. The van der Waals surface area contributed by atoms with Crippen molar-refractivity contribution in [3.05, 3.63) is 66.1 Å². The van der Waals surface area contributed by atoms with Gasteiger partial charge in [0.1, 0.15) is 6.33 Å². The van der Waals surface area contributed by atoms with Crippen LogP contribution in [0.2, 0.25) is 0 Å². The van der Waals surface area contributed by atoms with Crippen LogP contribution in [-0.2, 0) is 0 Å². The maximum atomic E-state index is 12.3. The molecule has 0 fully saturated rings. The van der Waals surface area contributed by atoms with E-state index in [1.54, 1.807) is 6.07 Å². The molecule has 0 aliphatic carbocycles. The van der Waals surface area contributed by atoms with E-state index in [1.165, 1.54) is 12.6 Å². The number of ketones is 1. The number of nitrogens with zero attached hydrogens (tertiary/aromatic N) is 2. The first kappa shape index (κ1) is 13.8. The van der Waals surface area contributed by atoms with Gasteiger partial charge in [-0.3, -0.25) is 9.89 Å². The highest BCUT2D eigenvalue weighted by Crippen LogP contribution is 2.26. The number of furan rings is 1. The van der Waals surface area contributed by atoms with Crippen molar-refractivity contribution < 1.29 is 14.3 Å². The maximum absolute atomic E-state index is 12.3. The Labute approximate surface area is 126 Å². The molecular weight excluding hydrogens is 282 g/mol. The standard InChI is InChI=1S/C16H13N3O3/c1-10-2-4-11(5-3-10)12-6-7-22-15(12)13(20)8-14(21)16-17-9-18-19-16/h2-9,21H,1H3,(H,17,18,19). The summed E-state index contributed by atoms with van der Waals surface area (Å²) in [6.07, 6.45) is 3.80. The van der Waals surface area contributed by atoms with Crippen LogP contribution in [0.4, 0.5) is 0 Å². The number of nitrogens with one attached hydrogen (secondary N) is 1. The topological polar surface area (TPSA) is 92.0 Å². The van der Waals surface area contributed by atoms with Crippen LogP contribution >= 0.6 is 0 Å². The summed E-state index contributed by atoms with van der Waals surface area (Å²) in [7, 11) is 0. The molecule has 0 radical (unpaired) electrons. The Balaban J connectivity index is 1.93. The Bertz CT molecular complexity index is 815. The predicted molar refractivity (Wildman–Crippen MR) is 80.2 cm³/mol. The monoisotopic (exact) mass is 295 g/mol. The van der Waals surface area contributed by atoms with Crippen molar-refractivity contribution in [2.45, 2.75) is 6.92 Å². The van der Waals surface area contributed by atoms with Crippen molar-refractivity contribution in [2.24, 2.45) is 0 Å². The SMILES string of the molecule is Cc1ccc(-c2ccoc2C(=O)C=C(O)c2nc[nH]n2)cc1. The zero-order valence-corrected chi connectivity index (χ0v) is 11.8. The molecule has 3 rings (SSSR count). The molecular formula is C16H13N3O3. The van der Waals surface area contributed by atoms with Gasteiger partial charge in [0.05, 0.1) is 6.26 Å². The lowest BCUT2D eigenvalue weighted by molar-refractivity contribution is 0.102. The number of carbonyl (C=O) groups is 1. The van der Waals surface area contributed by atoms with E-state index in [0.717, 1.165) is 17.2 Å². The van der Waals surface area contributed by atoms with Crippen molar-refractivity contribution in [3.63, 3.8) is 0 Å². The summed E-state index contributed by atoms with van der Waals surface area (Å²) in [5, 5.41) is 16.0. The van der Waals surface area contributed by atoms with Gasteiger partial charge in [0, 0.05) is 11.6 Å². The number of benzene rings is 1. The first-order valence-electron chi connectivity index (χ1n) is 6.61. The number of carbonyl (C=O) groups excluding carboxylic acids is 1. The van der Waals surface area contributed by atoms with Gasteiger partial charge in [0.2, 0.25) is 11.6 Å². The summed E-state index contributed by atoms with van der Waals surface area (Å²) in [5.74, 6) is -0.567. The molecule has 0 aliphatic heterocycles. The number of H-pyrrole nitrogens is 1. The molecule has 1 aromatic carbocycles. The van der Waals surface area contributed by atoms with E-state index >= 15 is 0 Å². The highest BCUT2D eigenvalue weighted by Gasteiger charge is 2.17. The zero-order chi connectivity index (χ0) is 15.5. The zero-order valence-electron chi connectivity index (χ0n) is 11.8. The van der Waals surface area contributed by atoms with Gasteiger partial charge in [0.15, 0.2) is 11.5 Å². The van der Waals surface area contributed by atoms with E-state index in [4.69, 9.17) is 4.42 Å². The summed E-state index contributed by atoms with van der Waals surface area (Å²) in [4.78, 5) is 16.0. The second-order valence-corrected chi connectivity index (χ2v) is 4.75. The van der Waals surface area contributed by atoms with E-state index in [2.05, 4.69) is 15.2 Å². The van der Waals surface area contributed by atoms with Crippen molar-refractivity contribution in [2.75, 3.05) is 0 Å².